The van der Waals surface area contributed by atoms with Crippen LogP contribution in [0.25, 0.3) is 0 Å². The fourth-order valence-corrected chi connectivity index (χ4v) is 4.28. The molecule has 1 atom stereocenters. The van der Waals surface area contributed by atoms with Gasteiger partial charge in [0.25, 0.3) is 0 Å². The van der Waals surface area contributed by atoms with Crippen molar-refractivity contribution < 1.29 is 4.74 Å². The van der Waals surface area contributed by atoms with Gasteiger partial charge >= 0.3 is 0 Å². The fourth-order valence-electron chi connectivity index (χ4n) is 3.43. The largest absolute Gasteiger partial charge is 0.488 e. The lowest BCUT2D eigenvalue weighted by Crippen LogP contribution is -2.45. The quantitative estimate of drug-likeness (QED) is 0.936. The van der Waals surface area contributed by atoms with Crippen LogP contribution in [0.15, 0.2) is 29.6 Å². The lowest BCUT2D eigenvalue weighted by Gasteiger charge is -2.32. The number of hydrogen-bond donors (Lipinski definition) is 1. The van der Waals surface area contributed by atoms with Crippen LogP contribution in [-0.2, 0) is 6.42 Å². The standard InChI is InChI=1S/C18H23N3OS/c1-13-12-23-18(20-13)21-8-6-15(7-9-21)19-11-16-10-14-4-2-3-5-17(14)22-16/h2-5,12,15-16,19H,6-11H2,1H3. The van der Waals surface area contributed by atoms with E-state index >= 15 is 0 Å². The van der Waals surface area contributed by atoms with Crippen LogP contribution in [0.2, 0.25) is 0 Å². The molecule has 1 saturated heterocycles. The summed E-state index contributed by atoms with van der Waals surface area (Å²) in [7, 11) is 0. The first-order valence-electron chi connectivity index (χ1n) is 8.43. The Morgan fingerprint density at radius 2 is 2.13 bits per heavy atom. The summed E-state index contributed by atoms with van der Waals surface area (Å²) in [5.74, 6) is 1.06. The molecule has 1 fully saturated rings. The molecule has 2 aromatic rings. The summed E-state index contributed by atoms with van der Waals surface area (Å²) in [4.78, 5) is 7.01. The Morgan fingerprint density at radius 3 is 2.87 bits per heavy atom. The Hall–Kier alpha value is -1.59. The van der Waals surface area contributed by atoms with Crippen LogP contribution >= 0.6 is 11.3 Å². The molecule has 1 aromatic carbocycles. The Balaban J connectivity index is 1.23. The van der Waals surface area contributed by atoms with E-state index in [2.05, 4.69) is 45.7 Å². The highest BCUT2D eigenvalue weighted by molar-refractivity contribution is 7.13. The molecule has 0 radical (unpaired) electrons. The molecule has 2 aliphatic rings. The zero-order valence-corrected chi connectivity index (χ0v) is 14.3. The predicted molar refractivity (Wildman–Crippen MR) is 94.7 cm³/mol. The Kier molecular flexibility index (Phi) is 4.23. The number of nitrogens with one attached hydrogen (secondary N) is 1. The highest BCUT2D eigenvalue weighted by atomic mass is 32.1. The number of ether oxygens (including phenoxy) is 1. The number of aromatic nitrogens is 1. The molecule has 5 heteroatoms. The first-order valence-corrected chi connectivity index (χ1v) is 9.31. The number of hydrogen-bond acceptors (Lipinski definition) is 5. The number of anilines is 1. The zero-order valence-electron chi connectivity index (χ0n) is 13.5. The molecule has 4 rings (SSSR count). The minimum Gasteiger partial charge on any atom is -0.488 e. The van der Waals surface area contributed by atoms with Gasteiger partial charge in [0.2, 0.25) is 0 Å². The topological polar surface area (TPSA) is 37.4 Å². The third-order valence-electron chi connectivity index (χ3n) is 4.72. The van der Waals surface area contributed by atoms with Crippen molar-refractivity contribution in [2.75, 3.05) is 24.5 Å². The predicted octanol–water partition coefficient (Wildman–Crippen LogP) is 3.01. The number of thiazole rings is 1. The summed E-state index contributed by atoms with van der Waals surface area (Å²) in [5, 5.41) is 7.02. The van der Waals surface area contributed by atoms with Crippen molar-refractivity contribution in [3.05, 3.63) is 40.9 Å². The van der Waals surface area contributed by atoms with Crippen LogP contribution in [0.5, 0.6) is 5.75 Å². The molecule has 0 spiro atoms. The summed E-state index contributed by atoms with van der Waals surface area (Å²) >= 11 is 1.76. The number of nitrogens with zero attached hydrogens (tertiary/aromatic N) is 2. The van der Waals surface area contributed by atoms with Gasteiger partial charge < -0.3 is 15.0 Å². The van der Waals surface area contributed by atoms with Crippen LogP contribution in [-0.4, -0.2) is 36.8 Å². The average molecular weight is 329 g/mol. The Labute approximate surface area is 141 Å². The number of piperidine rings is 1. The highest BCUT2D eigenvalue weighted by Gasteiger charge is 2.25. The minimum absolute atomic E-state index is 0.284. The van der Waals surface area contributed by atoms with Gasteiger partial charge in [0, 0.05) is 37.5 Å². The Bertz CT molecular complexity index is 639. The maximum absolute atomic E-state index is 6.01. The monoisotopic (exact) mass is 329 g/mol. The van der Waals surface area contributed by atoms with Crippen molar-refractivity contribution in [3.63, 3.8) is 0 Å². The molecule has 2 aliphatic heterocycles. The zero-order chi connectivity index (χ0) is 15.6. The van der Waals surface area contributed by atoms with Crippen molar-refractivity contribution in [1.29, 1.82) is 0 Å². The van der Waals surface area contributed by atoms with Gasteiger partial charge in [-0.1, -0.05) is 18.2 Å². The first-order chi connectivity index (χ1) is 11.3. The number of fused-ring (bicyclic) bond motifs is 1. The van der Waals surface area contributed by atoms with E-state index < -0.39 is 0 Å². The lowest BCUT2D eigenvalue weighted by atomic mass is 10.0. The number of para-hydroxylation sites is 1. The molecule has 0 bridgehead atoms. The molecule has 23 heavy (non-hydrogen) atoms. The molecule has 1 aromatic heterocycles. The fraction of sp³-hybridized carbons (Fsp3) is 0.500. The molecule has 0 amide bonds. The third kappa shape index (κ3) is 3.35. The Morgan fingerprint density at radius 1 is 1.30 bits per heavy atom. The van der Waals surface area contributed by atoms with E-state index in [0.717, 1.165) is 37.5 Å². The van der Waals surface area contributed by atoms with Gasteiger partial charge in [0.1, 0.15) is 11.9 Å². The summed E-state index contributed by atoms with van der Waals surface area (Å²) in [6, 6.07) is 8.98. The van der Waals surface area contributed by atoms with Gasteiger partial charge in [-0.3, -0.25) is 0 Å². The van der Waals surface area contributed by atoms with Gasteiger partial charge in [-0.2, -0.15) is 0 Å². The van der Waals surface area contributed by atoms with E-state index in [1.165, 1.54) is 23.5 Å². The van der Waals surface area contributed by atoms with Crippen LogP contribution < -0.4 is 15.0 Å². The van der Waals surface area contributed by atoms with Crippen molar-refractivity contribution in [2.45, 2.75) is 38.3 Å². The first kappa shape index (κ1) is 15.0. The maximum atomic E-state index is 6.01. The van der Waals surface area contributed by atoms with E-state index in [1.807, 2.05) is 6.07 Å². The molecule has 1 N–H and O–H groups in total. The van der Waals surface area contributed by atoms with Gasteiger partial charge in [-0.15, -0.1) is 11.3 Å². The molecule has 4 nitrogen and oxygen atoms in total. The molecular formula is C18H23N3OS. The van der Waals surface area contributed by atoms with Crippen molar-refractivity contribution in [2.24, 2.45) is 0 Å². The van der Waals surface area contributed by atoms with E-state index in [0.29, 0.717) is 6.04 Å². The van der Waals surface area contributed by atoms with Crippen molar-refractivity contribution in [3.8, 4) is 5.75 Å². The van der Waals surface area contributed by atoms with Crippen LogP contribution in [0.4, 0.5) is 5.13 Å². The van der Waals surface area contributed by atoms with Crippen molar-refractivity contribution in [1.82, 2.24) is 10.3 Å². The summed E-state index contributed by atoms with van der Waals surface area (Å²) < 4.78 is 6.01. The second kappa shape index (κ2) is 6.49. The third-order valence-corrected chi connectivity index (χ3v) is 5.74. The number of benzene rings is 1. The van der Waals surface area contributed by atoms with E-state index in [-0.39, 0.29) is 6.10 Å². The lowest BCUT2D eigenvalue weighted by molar-refractivity contribution is 0.217. The molecule has 3 heterocycles. The number of rotatable bonds is 4. The van der Waals surface area contributed by atoms with E-state index in [4.69, 9.17) is 4.74 Å². The molecule has 1 unspecified atom stereocenters. The van der Waals surface area contributed by atoms with Gasteiger partial charge in [0.05, 0.1) is 5.69 Å². The highest BCUT2D eigenvalue weighted by Crippen LogP contribution is 2.28. The van der Waals surface area contributed by atoms with Crippen LogP contribution in [0.3, 0.4) is 0 Å². The number of aryl methyl sites for hydroxylation is 1. The van der Waals surface area contributed by atoms with Crippen LogP contribution in [0, 0.1) is 6.92 Å². The summed E-state index contributed by atoms with van der Waals surface area (Å²) in [5.41, 5.74) is 2.47. The van der Waals surface area contributed by atoms with Crippen LogP contribution in [0.1, 0.15) is 24.1 Å². The molecule has 122 valence electrons. The minimum atomic E-state index is 0.284. The summed E-state index contributed by atoms with van der Waals surface area (Å²) in [6.07, 6.45) is 3.67. The second-order valence-electron chi connectivity index (χ2n) is 6.49. The second-order valence-corrected chi connectivity index (χ2v) is 7.33. The van der Waals surface area contributed by atoms with E-state index in [9.17, 15) is 0 Å². The smallest absolute Gasteiger partial charge is 0.185 e. The molecule has 0 aliphatic carbocycles. The van der Waals surface area contributed by atoms with E-state index in [1.54, 1.807) is 11.3 Å². The maximum Gasteiger partial charge on any atom is 0.185 e. The van der Waals surface area contributed by atoms with Gasteiger partial charge in [-0.05, 0) is 31.4 Å². The summed E-state index contributed by atoms with van der Waals surface area (Å²) in [6.45, 7) is 5.19. The van der Waals surface area contributed by atoms with Gasteiger partial charge in [-0.25, -0.2) is 4.98 Å². The van der Waals surface area contributed by atoms with Crippen molar-refractivity contribution >= 4 is 16.5 Å². The SMILES string of the molecule is Cc1csc(N2CCC(NCC3Cc4ccccc4O3)CC2)n1. The molecular weight excluding hydrogens is 306 g/mol. The normalized spacial score (nSPS) is 21.3. The van der Waals surface area contributed by atoms with Gasteiger partial charge in [0.15, 0.2) is 5.13 Å². The molecule has 0 saturated carbocycles. The average Bonchev–Trinajstić information content (AvgIpc) is 3.19.